The Bertz CT molecular complexity index is 468. The lowest BCUT2D eigenvalue weighted by Crippen LogP contribution is -2.37. The number of rotatable bonds is 4. The van der Waals surface area contributed by atoms with E-state index in [1.54, 1.807) is 11.8 Å². The molecule has 2 fully saturated rings. The molecule has 1 atom stereocenters. The van der Waals surface area contributed by atoms with Crippen LogP contribution in [0.15, 0.2) is 24.3 Å². The van der Waals surface area contributed by atoms with Crippen molar-refractivity contribution >= 4 is 23.4 Å². The number of amides is 1. The summed E-state index contributed by atoms with van der Waals surface area (Å²) in [5, 5.41) is 6.14. The SMILES string of the molecule is O=C(Nc1ccc(CN2CCOCC2)cc1)C1CSCN1. The summed E-state index contributed by atoms with van der Waals surface area (Å²) >= 11 is 1.76. The van der Waals surface area contributed by atoms with Crippen molar-refractivity contribution in [3.8, 4) is 0 Å². The van der Waals surface area contributed by atoms with Gasteiger partial charge >= 0.3 is 0 Å². The number of ether oxygens (including phenoxy) is 1. The smallest absolute Gasteiger partial charge is 0.242 e. The number of hydrogen-bond acceptors (Lipinski definition) is 5. The molecule has 1 aromatic carbocycles. The van der Waals surface area contributed by atoms with E-state index >= 15 is 0 Å². The van der Waals surface area contributed by atoms with Crippen molar-refractivity contribution in [1.29, 1.82) is 0 Å². The van der Waals surface area contributed by atoms with E-state index in [0.29, 0.717) is 0 Å². The minimum atomic E-state index is -0.0666. The highest BCUT2D eigenvalue weighted by Crippen LogP contribution is 2.15. The topological polar surface area (TPSA) is 53.6 Å². The van der Waals surface area contributed by atoms with Crippen molar-refractivity contribution in [1.82, 2.24) is 10.2 Å². The van der Waals surface area contributed by atoms with Crippen LogP contribution in [0.25, 0.3) is 0 Å². The highest BCUT2D eigenvalue weighted by Gasteiger charge is 2.22. The Morgan fingerprint density at radius 2 is 2.10 bits per heavy atom. The maximum Gasteiger partial charge on any atom is 0.242 e. The van der Waals surface area contributed by atoms with Gasteiger partial charge in [-0.15, -0.1) is 11.8 Å². The first kappa shape index (κ1) is 14.8. The Morgan fingerprint density at radius 3 is 2.76 bits per heavy atom. The Kier molecular flexibility index (Phi) is 5.13. The lowest BCUT2D eigenvalue weighted by atomic mass is 10.2. The summed E-state index contributed by atoms with van der Waals surface area (Å²) in [6.45, 7) is 4.56. The number of benzene rings is 1. The lowest BCUT2D eigenvalue weighted by molar-refractivity contribution is -0.117. The zero-order valence-electron chi connectivity index (χ0n) is 12.0. The average Bonchev–Trinajstić information content (AvgIpc) is 3.05. The molecule has 5 nitrogen and oxygen atoms in total. The third-order valence-electron chi connectivity index (χ3n) is 3.76. The molecule has 1 amide bonds. The number of anilines is 1. The Hall–Kier alpha value is -1.08. The summed E-state index contributed by atoms with van der Waals surface area (Å²) in [5.74, 6) is 1.76. The number of nitrogens with one attached hydrogen (secondary N) is 2. The van der Waals surface area contributed by atoms with Crippen molar-refractivity contribution in [2.75, 3.05) is 43.2 Å². The molecule has 6 heteroatoms. The Morgan fingerprint density at radius 1 is 1.33 bits per heavy atom. The highest BCUT2D eigenvalue weighted by atomic mass is 32.2. The molecule has 2 aliphatic rings. The van der Waals surface area contributed by atoms with Gasteiger partial charge in [0.05, 0.1) is 19.3 Å². The fraction of sp³-hybridized carbons (Fsp3) is 0.533. The molecule has 0 aromatic heterocycles. The molecule has 2 saturated heterocycles. The predicted molar refractivity (Wildman–Crippen MR) is 85.4 cm³/mol. The van der Waals surface area contributed by atoms with Crippen molar-refractivity contribution in [3.05, 3.63) is 29.8 Å². The van der Waals surface area contributed by atoms with Gasteiger partial charge in [0, 0.05) is 37.0 Å². The van der Waals surface area contributed by atoms with Crippen molar-refractivity contribution < 1.29 is 9.53 Å². The number of morpholine rings is 1. The normalized spacial score (nSPS) is 23.1. The van der Waals surface area contributed by atoms with Crippen LogP contribution in [0.4, 0.5) is 5.69 Å². The Labute approximate surface area is 129 Å². The molecule has 21 heavy (non-hydrogen) atoms. The second-order valence-electron chi connectivity index (χ2n) is 5.35. The van der Waals surface area contributed by atoms with Gasteiger partial charge in [0.25, 0.3) is 0 Å². The number of hydrogen-bond donors (Lipinski definition) is 2. The highest BCUT2D eigenvalue weighted by molar-refractivity contribution is 7.99. The lowest BCUT2D eigenvalue weighted by Gasteiger charge is -2.26. The molecule has 2 aliphatic heterocycles. The van der Waals surface area contributed by atoms with E-state index in [0.717, 1.165) is 50.2 Å². The monoisotopic (exact) mass is 307 g/mol. The largest absolute Gasteiger partial charge is 0.379 e. The molecule has 2 heterocycles. The van der Waals surface area contributed by atoms with Gasteiger partial charge in [-0.3, -0.25) is 15.0 Å². The second-order valence-corrected chi connectivity index (χ2v) is 6.38. The average molecular weight is 307 g/mol. The van der Waals surface area contributed by atoms with Crippen molar-refractivity contribution in [2.45, 2.75) is 12.6 Å². The van der Waals surface area contributed by atoms with E-state index in [2.05, 4.69) is 27.7 Å². The van der Waals surface area contributed by atoms with Gasteiger partial charge in [-0.25, -0.2) is 0 Å². The first-order valence-electron chi connectivity index (χ1n) is 7.32. The van der Waals surface area contributed by atoms with Gasteiger partial charge in [0.1, 0.15) is 0 Å². The molecule has 0 spiro atoms. The number of nitrogens with zero attached hydrogens (tertiary/aromatic N) is 1. The van der Waals surface area contributed by atoms with E-state index in [4.69, 9.17) is 4.74 Å². The van der Waals surface area contributed by atoms with Crippen LogP contribution in [0, 0.1) is 0 Å². The minimum Gasteiger partial charge on any atom is -0.379 e. The zero-order valence-corrected chi connectivity index (χ0v) is 12.8. The molecular weight excluding hydrogens is 286 g/mol. The number of thioether (sulfide) groups is 1. The van der Waals surface area contributed by atoms with E-state index in [-0.39, 0.29) is 11.9 Å². The van der Waals surface area contributed by atoms with Crippen LogP contribution in [0.5, 0.6) is 0 Å². The molecule has 1 aromatic rings. The summed E-state index contributed by atoms with van der Waals surface area (Å²) in [4.78, 5) is 14.4. The van der Waals surface area contributed by atoms with Crippen LogP contribution in [0.3, 0.4) is 0 Å². The van der Waals surface area contributed by atoms with Crippen LogP contribution < -0.4 is 10.6 Å². The van der Waals surface area contributed by atoms with Crippen LogP contribution >= 0.6 is 11.8 Å². The molecule has 0 radical (unpaired) electrons. The molecule has 2 N–H and O–H groups in total. The van der Waals surface area contributed by atoms with Gasteiger partial charge in [0.15, 0.2) is 0 Å². The van der Waals surface area contributed by atoms with Gasteiger partial charge in [-0.2, -0.15) is 0 Å². The molecule has 1 unspecified atom stereocenters. The van der Waals surface area contributed by atoms with Crippen LogP contribution in [-0.2, 0) is 16.1 Å². The quantitative estimate of drug-likeness (QED) is 0.873. The predicted octanol–water partition coefficient (Wildman–Crippen LogP) is 1.12. The standard InChI is InChI=1S/C15H21N3O2S/c19-15(14-10-21-11-16-14)17-13-3-1-12(2-4-13)9-18-5-7-20-8-6-18/h1-4,14,16H,5-11H2,(H,17,19). The van der Waals surface area contributed by atoms with Gasteiger partial charge in [-0.1, -0.05) is 12.1 Å². The summed E-state index contributed by atoms with van der Waals surface area (Å²) in [6, 6.07) is 8.07. The second kappa shape index (κ2) is 7.26. The summed E-state index contributed by atoms with van der Waals surface area (Å²) < 4.78 is 5.35. The fourth-order valence-corrected chi connectivity index (χ4v) is 3.45. The molecule has 0 aliphatic carbocycles. The maximum atomic E-state index is 12.0. The summed E-state index contributed by atoms with van der Waals surface area (Å²) in [5.41, 5.74) is 2.13. The third-order valence-corrected chi connectivity index (χ3v) is 4.70. The van der Waals surface area contributed by atoms with Crippen molar-refractivity contribution in [3.63, 3.8) is 0 Å². The molecule has 3 rings (SSSR count). The molecule has 0 saturated carbocycles. The van der Waals surface area contributed by atoms with Crippen molar-refractivity contribution in [2.24, 2.45) is 0 Å². The fourth-order valence-electron chi connectivity index (χ4n) is 2.50. The first-order valence-corrected chi connectivity index (χ1v) is 8.48. The van der Waals surface area contributed by atoms with Crippen LogP contribution in [0.1, 0.15) is 5.56 Å². The third kappa shape index (κ3) is 4.20. The summed E-state index contributed by atoms with van der Waals surface area (Å²) in [6.07, 6.45) is 0. The van der Waals surface area contributed by atoms with E-state index in [9.17, 15) is 4.79 Å². The Balaban J connectivity index is 1.52. The number of carbonyl (C=O) groups is 1. The first-order chi connectivity index (χ1) is 10.3. The molecular formula is C15H21N3O2S. The summed E-state index contributed by atoms with van der Waals surface area (Å²) in [7, 11) is 0. The van der Waals surface area contributed by atoms with E-state index < -0.39 is 0 Å². The van der Waals surface area contributed by atoms with E-state index in [1.165, 1.54) is 5.56 Å². The van der Waals surface area contributed by atoms with Gasteiger partial charge in [0.2, 0.25) is 5.91 Å². The molecule has 114 valence electrons. The van der Waals surface area contributed by atoms with Gasteiger partial charge < -0.3 is 10.1 Å². The van der Waals surface area contributed by atoms with Crippen LogP contribution in [0.2, 0.25) is 0 Å². The van der Waals surface area contributed by atoms with Crippen LogP contribution in [-0.4, -0.2) is 54.8 Å². The van der Waals surface area contributed by atoms with Gasteiger partial charge in [-0.05, 0) is 17.7 Å². The molecule has 0 bridgehead atoms. The van der Waals surface area contributed by atoms with E-state index in [1.807, 2.05) is 12.1 Å². The maximum absolute atomic E-state index is 12.0. The zero-order chi connectivity index (χ0) is 14.5. The number of carbonyl (C=O) groups excluding carboxylic acids is 1. The minimum absolute atomic E-state index is 0.0564.